The first-order chi connectivity index (χ1) is 10.5. The van der Waals surface area contributed by atoms with Crippen molar-refractivity contribution in [3.05, 3.63) is 57.5 Å². The lowest BCUT2D eigenvalue weighted by Crippen LogP contribution is -2.13. The minimum Gasteiger partial charge on any atom is -0.494 e. The van der Waals surface area contributed by atoms with E-state index in [-0.39, 0.29) is 5.91 Å². The Morgan fingerprint density at radius 3 is 2.86 bits per heavy atom. The van der Waals surface area contributed by atoms with Crippen molar-refractivity contribution in [3.63, 3.8) is 0 Å². The van der Waals surface area contributed by atoms with Gasteiger partial charge in [-0.15, -0.1) is 0 Å². The molecule has 0 bridgehead atoms. The summed E-state index contributed by atoms with van der Waals surface area (Å²) < 4.78 is 6.57. The van der Waals surface area contributed by atoms with Gasteiger partial charge >= 0.3 is 0 Å². The number of anilines is 1. The van der Waals surface area contributed by atoms with Gasteiger partial charge in [0.15, 0.2) is 0 Å². The number of carbonyl (C=O) groups excluding carboxylic acids is 1. The average Bonchev–Trinajstić information content (AvgIpc) is 2.48. The number of nitrogens with one attached hydrogen (secondary N) is 1. The van der Waals surface area contributed by atoms with E-state index in [1.807, 2.05) is 37.3 Å². The molecule has 0 heterocycles. The first-order valence-corrected chi connectivity index (χ1v) is 8.16. The van der Waals surface area contributed by atoms with Gasteiger partial charge in [0.2, 0.25) is 5.91 Å². The van der Waals surface area contributed by atoms with Gasteiger partial charge in [0.25, 0.3) is 0 Å². The van der Waals surface area contributed by atoms with Crippen molar-refractivity contribution in [2.75, 3.05) is 11.9 Å². The predicted octanol–water partition coefficient (Wildman–Crippen LogP) is 5.21. The fourth-order valence-electron chi connectivity index (χ4n) is 1.92. The van der Waals surface area contributed by atoms with Crippen molar-refractivity contribution in [1.29, 1.82) is 0 Å². The summed E-state index contributed by atoms with van der Waals surface area (Å²) in [5.74, 6) is 0.753. The second kappa shape index (κ2) is 8.20. The zero-order valence-electron chi connectivity index (χ0n) is 12.2. The summed E-state index contributed by atoms with van der Waals surface area (Å²) in [6.07, 6.45) is 1.05. The average molecular weight is 383 g/mol. The molecule has 0 saturated heterocycles. The first-order valence-electron chi connectivity index (χ1n) is 6.99. The third-order valence-electron chi connectivity index (χ3n) is 3.09. The molecule has 0 aliphatic carbocycles. The molecular formula is C17H17BrClNO2. The summed E-state index contributed by atoms with van der Waals surface area (Å²) in [4.78, 5) is 11.9. The molecule has 0 fully saturated rings. The van der Waals surface area contributed by atoms with Crippen LogP contribution in [0, 0.1) is 6.92 Å². The standard InChI is InChI=1S/C17H17BrClNO2/c1-12-7-8-14(19)11-16(12)20-17(21)6-3-9-22-15-5-2-4-13(18)10-15/h2,4-5,7-8,10-11H,3,6,9H2,1H3,(H,20,21). The fourth-order valence-corrected chi connectivity index (χ4v) is 2.47. The normalized spacial score (nSPS) is 10.3. The number of aryl methyl sites for hydroxylation is 1. The number of amides is 1. The monoisotopic (exact) mass is 381 g/mol. The minimum absolute atomic E-state index is 0.0387. The molecule has 2 aromatic carbocycles. The highest BCUT2D eigenvalue weighted by Crippen LogP contribution is 2.21. The molecule has 0 aromatic heterocycles. The molecule has 5 heteroatoms. The van der Waals surface area contributed by atoms with Crippen LogP contribution in [-0.2, 0) is 4.79 Å². The lowest BCUT2D eigenvalue weighted by molar-refractivity contribution is -0.116. The van der Waals surface area contributed by atoms with E-state index in [1.54, 1.807) is 12.1 Å². The van der Waals surface area contributed by atoms with Crippen LogP contribution in [0.3, 0.4) is 0 Å². The Balaban J connectivity index is 1.75. The predicted molar refractivity (Wildman–Crippen MR) is 93.7 cm³/mol. The van der Waals surface area contributed by atoms with Crippen LogP contribution >= 0.6 is 27.5 Å². The Labute approximate surface area is 143 Å². The third-order valence-corrected chi connectivity index (χ3v) is 3.82. The molecule has 116 valence electrons. The van der Waals surface area contributed by atoms with Gasteiger partial charge in [0.1, 0.15) is 5.75 Å². The SMILES string of the molecule is Cc1ccc(Cl)cc1NC(=O)CCCOc1cccc(Br)c1. The third kappa shape index (κ3) is 5.35. The quantitative estimate of drug-likeness (QED) is 0.697. The Hall–Kier alpha value is -1.52. The van der Waals surface area contributed by atoms with E-state index in [0.29, 0.717) is 24.5 Å². The summed E-state index contributed by atoms with van der Waals surface area (Å²) in [7, 11) is 0. The van der Waals surface area contributed by atoms with Crippen LogP contribution in [0.2, 0.25) is 5.02 Å². The minimum atomic E-state index is -0.0387. The van der Waals surface area contributed by atoms with E-state index in [1.165, 1.54) is 0 Å². The number of hydrogen-bond acceptors (Lipinski definition) is 2. The molecule has 1 amide bonds. The molecule has 0 unspecified atom stereocenters. The van der Waals surface area contributed by atoms with Crippen LogP contribution in [-0.4, -0.2) is 12.5 Å². The van der Waals surface area contributed by atoms with Crippen LogP contribution in [0.15, 0.2) is 46.9 Å². The zero-order valence-corrected chi connectivity index (χ0v) is 14.6. The summed E-state index contributed by atoms with van der Waals surface area (Å²) in [6.45, 7) is 2.43. The highest BCUT2D eigenvalue weighted by atomic mass is 79.9. The molecule has 22 heavy (non-hydrogen) atoms. The van der Waals surface area contributed by atoms with Crippen LogP contribution < -0.4 is 10.1 Å². The zero-order chi connectivity index (χ0) is 15.9. The summed E-state index contributed by atoms with van der Waals surface area (Å²) in [5.41, 5.74) is 1.74. The molecule has 0 aliphatic heterocycles. The van der Waals surface area contributed by atoms with Crippen molar-refractivity contribution in [3.8, 4) is 5.75 Å². The molecule has 0 radical (unpaired) electrons. The molecule has 1 N–H and O–H groups in total. The van der Waals surface area contributed by atoms with E-state index >= 15 is 0 Å². The highest BCUT2D eigenvalue weighted by molar-refractivity contribution is 9.10. The topological polar surface area (TPSA) is 38.3 Å². The molecule has 0 saturated carbocycles. The van der Waals surface area contributed by atoms with Crippen LogP contribution in [0.1, 0.15) is 18.4 Å². The number of ether oxygens (including phenoxy) is 1. The van der Waals surface area contributed by atoms with Crippen LogP contribution in [0.5, 0.6) is 5.75 Å². The van der Waals surface area contributed by atoms with Gasteiger partial charge in [-0.05, 0) is 49.2 Å². The Morgan fingerprint density at radius 2 is 2.09 bits per heavy atom. The molecular weight excluding hydrogens is 366 g/mol. The van der Waals surface area contributed by atoms with Gasteiger partial charge in [-0.25, -0.2) is 0 Å². The molecule has 3 nitrogen and oxygen atoms in total. The highest BCUT2D eigenvalue weighted by Gasteiger charge is 2.05. The lowest BCUT2D eigenvalue weighted by atomic mass is 10.2. The van der Waals surface area contributed by atoms with Crippen molar-refractivity contribution < 1.29 is 9.53 Å². The maximum absolute atomic E-state index is 11.9. The van der Waals surface area contributed by atoms with Gasteiger partial charge in [0.05, 0.1) is 6.61 Å². The van der Waals surface area contributed by atoms with E-state index in [0.717, 1.165) is 21.5 Å². The number of halogens is 2. The molecule has 0 spiro atoms. The lowest BCUT2D eigenvalue weighted by Gasteiger charge is -2.09. The summed E-state index contributed by atoms with van der Waals surface area (Å²) in [5, 5.41) is 3.48. The second-order valence-electron chi connectivity index (χ2n) is 4.92. The summed E-state index contributed by atoms with van der Waals surface area (Å²) >= 11 is 9.32. The molecule has 2 rings (SSSR count). The van der Waals surface area contributed by atoms with E-state index in [4.69, 9.17) is 16.3 Å². The Bertz CT molecular complexity index is 661. The second-order valence-corrected chi connectivity index (χ2v) is 6.27. The number of carbonyl (C=O) groups is 1. The molecule has 2 aromatic rings. The van der Waals surface area contributed by atoms with Gasteiger partial charge in [-0.3, -0.25) is 4.79 Å². The van der Waals surface area contributed by atoms with Crippen LogP contribution in [0.25, 0.3) is 0 Å². The Kier molecular flexibility index (Phi) is 6.28. The van der Waals surface area contributed by atoms with E-state index < -0.39 is 0 Å². The van der Waals surface area contributed by atoms with Gasteiger partial charge in [-0.2, -0.15) is 0 Å². The van der Waals surface area contributed by atoms with Gasteiger partial charge in [0, 0.05) is 21.6 Å². The number of benzene rings is 2. The fraction of sp³-hybridized carbons (Fsp3) is 0.235. The van der Waals surface area contributed by atoms with E-state index in [9.17, 15) is 4.79 Å². The van der Waals surface area contributed by atoms with Crippen molar-refractivity contribution >= 4 is 39.1 Å². The molecule has 0 atom stereocenters. The number of hydrogen-bond donors (Lipinski definition) is 1. The molecule has 0 aliphatic rings. The largest absolute Gasteiger partial charge is 0.494 e. The van der Waals surface area contributed by atoms with Crippen molar-refractivity contribution in [1.82, 2.24) is 0 Å². The number of rotatable bonds is 6. The van der Waals surface area contributed by atoms with Crippen LogP contribution in [0.4, 0.5) is 5.69 Å². The van der Waals surface area contributed by atoms with Crippen molar-refractivity contribution in [2.45, 2.75) is 19.8 Å². The maximum Gasteiger partial charge on any atom is 0.224 e. The first kappa shape index (κ1) is 16.8. The summed E-state index contributed by atoms with van der Waals surface area (Å²) in [6, 6.07) is 13.1. The smallest absolute Gasteiger partial charge is 0.224 e. The van der Waals surface area contributed by atoms with Gasteiger partial charge in [-0.1, -0.05) is 39.7 Å². The van der Waals surface area contributed by atoms with Gasteiger partial charge < -0.3 is 10.1 Å². The Morgan fingerprint density at radius 1 is 1.27 bits per heavy atom. The van der Waals surface area contributed by atoms with E-state index in [2.05, 4.69) is 21.2 Å². The van der Waals surface area contributed by atoms with Crippen molar-refractivity contribution in [2.24, 2.45) is 0 Å². The maximum atomic E-state index is 11.9.